The number of anilines is 2. The van der Waals surface area contributed by atoms with Gasteiger partial charge in [-0.05, 0) is 48.9 Å². The molecule has 0 aliphatic rings. The fraction of sp³-hybridized carbons (Fsp3) is 0.200. The summed E-state index contributed by atoms with van der Waals surface area (Å²) in [4.78, 5) is 1.91. The molecule has 100 valence electrons. The summed E-state index contributed by atoms with van der Waals surface area (Å²) in [5.41, 5.74) is 8.54. The van der Waals surface area contributed by atoms with Gasteiger partial charge in [0.2, 0.25) is 0 Å². The number of nitrogens with zero attached hydrogens (tertiary/aromatic N) is 1. The van der Waals surface area contributed by atoms with Crippen LogP contribution >= 0.6 is 11.6 Å². The lowest BCUT2D eigenvalue weighted by Gasteiger charge is -2.21. The van der Waals surface area contributed by atoms with Gasteiger partial charge in [-0.15, -0.1) is 0 Å². The second-order valence-corrected chi connectivity index (χ2v) is 4.94. The Morgan fingerprint density at radius 1 is 1.16 bits per heavy atom. The minimum atomic E-state index is -0.254. The number of hydrogen-bond acceptors (Lipinski definition) is 2. The molecule has 2 aromatic carbocycles. The topological polar surface area (TPSA) is 29.3 Å². The maximum Gasteiger partial charge on any atom is 0.123 e. The number of halogens is 2. The number of benzene rings is 2. The fourth-order valence-corrected chi connectivity index (χ4v) is 2.20. The molecule has 2 nitrogen and oxygen atoms in total. The quantitative estimate of drug-likeness (QED) is 0.909. The lowest BCUT2D eigenvalue weighted by Crippen LogP contribution is -2.11. The highest BCUT2D eigenvalue weighted by molar-refractivity contribution is 6.33. The maximum absolute atomic E-state index is 12.9. The van der Waals surface area contributed by atoms with Crippen molar-refractivity contribution in [3.63, 3.8) is 0 Å². The van der Waals surface area contributed by atoms with Crippen LogP contribution in [0.4, 0.5) is 15.8 Å². The van der Waals surface area contributed by atoms with Gasteiger partial charge in [0.15, 0.2) is 0 Å². The molecule has 0 bridgehead atoms. The number of rotatable bonds is 3. The van der Waals surface area contributed by atoms with Crippen LogP contribution < -0.4 is 10.6 Å². The molecule has 2 aromatic rings. The van der Waals surface area contributed by atoms with Crippen molar-refractivity contribution < 1.29 is 4.39 Å². The van der Waals surface area contributed by atoms with Gasteiger partial charge in [-0.3, -0.25) is 0 Å². The molecule has 0 heterocycles. The fourth-order valence-electron chi connectivity index (χ4n) is 1.88. The molecule has 0 aliphatic heterocycles. The first kappa shape index (κ1) is 13.8. The standard InChI is InChI=1S/C15H16ClFN2/c1-10(18)11-3-8-15(14(16)9-11)19(2)13-6-4-12(17)5-7-13/h3-10H,18H2,1-2H3/t10-/m1/s1. The van der Waals surface area contributed by atoms with E-state index in [1.807, 2.05) is 37.1 Å². The monoisotopic (exact) mass is 278 g/mol. The highest BCUT2D eigenvalue weighted by Crippen LogP contribution is 2.32. The molecule has 0 aromatic heterocycles. The first-order valence-corrected chi connectivity index (χ1v) is 6.41. The Kier molecular flexibility index (Phi) is 4.08. The zero-order valence-corrected chi connectivity index (χ0v) is 11.7. The van der Waals surface area contributed by atoms with Gasteiger partial charge in [0.05, 0.1) is 10.7 Å². The third kappa shape index (κ3) is 3.06. The average molecular weight is 279 g/mol. The summed E-state index contributed by atoms with van der Waals surface area (Å²) in [5, 5.41) is 0.627. The summed E-state index contributed by atoms with van der Waals surface area (Å²) >= 11 is 6.28. The Hall–Kier alpha value is -1.58. The van der Waals surface area contributed by atoms with Crippen molar-refractivity contribution in [1.82, 2.24) is 0 Å². The molecule has 0 amide bonds. The van der Waals surface area contributed by atoms with Crippen molar-refractivity contribution in [3.8, 4) is 0 Å². The Bertz CT molecular complexity index is 567. The van der Waals surface area contributed by atoms with Crippen LogP contribution in [0, 0.1) is 5.82 Å². The highest BCUT2D eigenvalue weighted by Gasteiger charge is 2.10. The smallest absolute Gasteiger partial charge is 0.123 e. The van der Waals surface area contributed by atoms with Crippen LogP contribution in [0.5, 0.6) is 0 Å². The van der Waals surface area contributed by atoms with Crippen molar-refractivity contribution in [2.45, 2.75) is 13.0 Å². The molecule has 0 fully saturated rings. The van der Waals surface area contributed by atoms with Crippen LogP contribution in [-0.4, -0.2) is 7.05 Å². The van der Waals surface area contributed by atoms with Crippen LogP contribution in [0.25, 0.3) is 0 Å². The zero-order chi connectivity index (χ0) is 14.0. The predicted molar refractivity (Wildman–Crippen MR) is 78.5 cm³/mol. The molecular formula is C15H16ClFN2. The molecule has 2 N–H and O–H groups in total. The maximum atomic E-state index is 12.9. The first-order valence-electron chi connectivity index (χ1n) is 6.03. The van der Waals surface area contributed by atoms with Gasteiger partial charge >= 0.3 is 0 Å². The largest absolute Gasteiger partial charge is 0.343 e. The van der Waals surface area contributed by atoms with Gasteiger partial charge in [-0.2, -0.15) is 0 Å². The van der Waals surface area contributed by atoms with E-state index in [0.29, 0.717) is 5.02 Å². The second kappa shape index (κ2) is 5.59. The normalized spacial score (nSPS) is 12.3. The van der Waals surface area contributed by atoms with Crippen LogP contribution in [0.3, 0.4) is 0 Å². The zero-order valence-electron chi connectivity index (χ0n) is 10.9. The molecular weight excluding hydrogens is 263 g/mol. The van der Waals surface area contributed by atoms with E-state index in [1.54, 1.807) is 12.1 Å². The van der Waals surface area contributed by atoms with E-state index in [9.17, 15) is 4.39 Å². The van der Waals surface area contributed by atoms with E-state index in [4.69, 9.17) is 17.3 Å². The van der Waals surface area contributed by atoms with E-state index in [2.05, 4.69) is 0 Å². The van der Waals surface area contributed by atoms with Gasteiger partial charge in [0, 0.05) is 18.8 Å². The van der Waals surface area contributed by atoms with E-state index in [-0.39, 0.29) is 11.9 Å². The Morgan fingerprint density at radius 3 is 2.32 bits per heavy atom. The lowest BCUT2D eigenvalue weighted by atomic mass is 10.1. The van der Waals surface area contributed by atoms with Crippen molar-refractivity contribution in [2.24, 2.45) is 5.73 Å². The summed E-state index contributed by atoms with van der Waals surface area (Å²) in [7, 11) is 1.89. The third-order valence-corrected chi connectivity index (χ3v) is 3.38. The van der Waals surface area contributed by atoms with E-state index < -0.39 is 0 Å². The molecule has 4 heteroatoms. The highest BCUT2D eigenvalue weighted by atomic mass is 35.5. The van der Waals surface area contributed by atoms with E-state index in [1.165, 1.54) is 12.1 Å². The van der Waals surface area contributed by atoms with Crippen LogP contribution in [0.1, 0.15) is 18.5 Å². The molecule has 0 spiro atoms. The predicted octanol–water partition coefficient (Wildman–Crippen LogP) is 4.27. The molecule has 1 atom stereocenters. The Labute approximate surface area is 117 Å². The summed E-state index contributed by atoms with van der Waals surface area (Å²) < 4.78 is 12.9. The Balaban J connectivity index is 2.33. The van der Waals surface area contributed by atoms with Crippen molar-refractivity contribution in [1.29, 1.82) is 0 Å². The molecule has 2 rings (SSSR count). The first-order chi connectivity index (χ1) is 8.99. The third-order valence-electron chi connectivity index (χ3n) is 3.07. The summed E-state index contributed by atoms with van der Waals surface area (Å²) in [6.45, 7) is 1.91. The Morgan fingerprint density at radius 2 is 1.79 bits per heavy atom. The summed E-state index contributed by atoms with van der Waals surface area (Å²) in [6, 6.07) is 12.0. The van der Waals surface area contributed by atoms with Gasteiger partial charge in [0.25, 0.3) is 0 Å². The molecule has 0 saturated carbocycles. The minimum Gasteiger partial charge on any atom is -0.343 e. The summed E-state index contributed by atoms with van der Waals surface area (Å²) in [6.07, 6.45) is 0. The van der Waals surface area contributed by atoms with Crippen molar-refractivity contribution in [3.05, 3.63) is 58.9 Å². The SMILES string of the molecule is C[C@@H](N)c1ccc(N(C)c2ccc(F)cc2)c(Cl)c1. The van der Waals surface area contributed by atoms with E-state index >= 15 is 0 Å². The molecule has 0 unspecified atom stereocenters. The number of hydrogen-bond donors (Lipinski definition) is 1. The minimum absolute atomic E-state index is 0.0531. The summed E-state index contributed by atoms with van der Waals surface area (Å²) in [5.74, 6) is -0.254. The van der Waals surface area contributed by atoms with Crippen LogP contribution in [0.15, 0.2) is 42.5 Å². The van der Waals surface area contributed by atoms with E-state index in [0.717, 1.165) is 16.9 Å². The van der Waals surface area contributed by atoms with Crippen molar-refractivity contribution in [2.75, 3.05) is 11.9 Å². The van der Waals surface area contributed by atoms with Crippen LogP contribution in [-0.2, 0) is 0 Å². The van der Waals surface area contributed by atoms with Gasteiger partial charge in [-0.1, -0.05) is 17.7 Å². The second-order valence-electron chi connectivity index (χ2n) is 4.53. The molecule has 0 radical (unpaired) electrons. The average Bonchev–Trinajstić information content (AvgIpc) is 2.38. The van der Waals surface area contributed by atoms with Gasteiger partial charge in [-0.25, -0.2) is 4.39 Å². The molecule has 0 saturated heterocycles. The lowest BCUT2D eigenvalue weighted by molar-refractivity contribution is 0.628. The number of nitrogens with two attached hydrogens (primary N) is 1. The molecule has 19 heavy (non-hydrogen) atoms. The molecule has 0 aliphatic carbocycles. The van der Waals surface area contributed by atoms with Crippen molar-refractivity contribution >= 4 is 23.0 Å². The van der Waals surface area contributed by atoms with Crippen LogP contribution in [0.2, 0.25) is 5.02 Å². The van der Waals surface area contributed by atoms with Gasteiger partial charge < -0.3 is 10.6 Å². The van der Waals surface area contributed by atoms with Gasteiger partial charge in [0.1, 0.15) is 5.82 Å².